The molecule has 0 bridgehead atoms. The van der Waals surface area contributed by atoms with Crippen LogP contribution in [0.15, 0.2) is 30.3 Å². The van der Waals surface area contributed by atoms with Crippen LogP contribution in [0.4, 0.5) is 0 Å². The zero-order chi connectivity index (χ0) is 22.1. The first-order chi connectivity index (χ1) is 14.3. The van der Waals surface area contributed by atoms with Crippen LogP contribution in [0.1, 0.15) is 44.5 Å². The molecular weight excluding hydrogens is 390 g/mol. The van der Waals surface area contributed by atoms with E-state index in [-0.39, 0.29) is 31.0 Å². The van der Waals surface area contributed by atoms with Gasteiger partial charge in [-0.3, -0.25) is 14.4 Å². The standard InChI is InChI=1S/C22H31NO7/c1-5-19-20(28-15(3)24)14(2)21(29-16(4)25)22(30-19)27-12-11-23-13-18(26)17-9-7-6-8-10-17/h6-10,14,19-23H,5,11-13H2,1-4H3/t14-,19?,20+,21?,22+/m0/s1. The minimum absolute atomic E-state index is 0.00815. The van der Waals surface area contributed by atoms with E-state index in [1.807, 2.05) is 32.0 Å². The van der Waals surface area contributed by atoms with Crippen LogP contribution in [-0.4, -0.2) is 62.0 Å². The fourth-order valence-electron chi connectivity index (χ4n) is 3.47. The number of benzene rings is 1. The maximum absolute atomic E-state index is 12.1. The Morgan fingerprint density at radius 3 is 2.27 bits per heavy atom. The quantitative estimate of drug-likeness (QED) is 0.348. The summed E-state index contributed by atoms with van der Waals surface area (Å²) < 4.78 is 22.6. The summed E-state index contributed by atoms with van der Waals surface area (Å²) in [5, 5.41) is 3.04. The number of ether oxygens (including phenoxy) is 4. The normalized spacial score (nSPS) is 26.1. The van der Waals surface area contributed by atoms with Gasteiger partial charge in [0.15, 0.2) is 18.2 Å². The molecule has 0 amide bonds. The lowest BCUT2D eigenvalue weighted by molar-refractivity contribution is -0.288. The zero-order valence-corrected chi connectivity index (χ0v) is 18.0. The molecule has 1 aliphatic rings. The highest BCUT2D eigenvalue weighted by Gasteiger charge is 2.47. The summed E-state index contributed by atoms with van der Waals surface area (Å²) in [6.45, 7) is 7.29. The van der Waals surface area contributed by atoms with E-state index < -0.39 is 30.4 Å². The second-order valence-corrected chi connectivity index (χ2v) is 7.30. The van der Waals surface area contributed by atoms with Crippen molar-refractivity contribution >= 4 is 17.7 Å². The van der Waals surface area contributed by atoms with Crippen molar-refractivity contribution in [1.29, 1.82) is 0 Å². The molecule has 2 rings (SSSR count). The Hall–Kier alpha value is -2.29. The Morgan fingerprint density at radius 1 is 1.03 bits per heavy atom. The molecule has 1 heterocycles. The molecule has 8 heteroatoms. The van der Waals surface area contributed by atoms with Crippen LogP contribution in [-0.2, 0) is 28.5 Å². The Labute approximate surface area is 177 Å². The summed E-state index contributed by atoms with van der Waals surface area (Å²) in [6, 6.07) is 9.04. The maximum atomic E-state index is 12.1. The summed E-state index contributed by atoms with van der Waals surface area (Å²) in [7, 11) is 0. The second kappa shape index (κ2) is 11.8. The molecule has 2 unspecified atom stereocenters. The Morgan fingerprint density at radius 2 is 1.67 bits per heavy atom. The van der Waals surface area contributed by atoms with E-state index in [2.05, 4.69) is 5.32 Å². The molecule has 1 N–H and O–H groups in total. The predicted molar refractivity (Wildman–Crippen MR) is 109 cm³/mol. The fraction of sp³-hybridized carbons (Fsp3) is 0.591. The van der Waals surface area contributed by atoms with Crippen LogP contribution < -0.4 is 5.32 Å². The molecule has 1 fully saturated rings. The number of rotatable bonds is 10. The number of Topliss-reactive ketones (excluding diaryl/α,β-unsaturated/α-hetero) is 1. The Kier molecular flexibility index (Phi) is 9.42. The lowest BCUT2D eigenvalue weighted by atomic mass is 9.89. The summed E-state index contributed by atoms with van der Waals surface area (Å²) in [5.74, 6) is -1.19. The van der Waals surface area contributed by atoms with Gasteiger partial charge in [0.1, 0.15) is 6.10 Å². The first-order valence-electron chi connectivity index (χ1n) is 10.2. The van der Waals surface area contributed by atoms with Gasteiger partial charge < -0.3 is 24.3 Å². The molecule has 0 aromatic heterocycles. The van der Waals surface area contributed by atoms with Gasteiger partial charge in [-0.2, -0.15) is 0 Å². The van der Waals surface area contributed by atoms with Crippen LogP contribution in [0.5, 0.6) is 0 Å². The van der Waals surface area contributed by atoms with Gasteiger partial charge in [-0.15, -0.1) is 0 Å². The van der Waals surface area contributed by atoms with Crippen molar-refractivity contribution in [2.75, 3.05) is 19.7 Å². The van der Waals surface area contributed by atoms with Gasteiger partial charge in [0.25, 0.3) is 0 Å². The summed E-state index contributed by atoms with van der Waals surface area (Å²) in [5.41, 5.74) is 0.646. The molecule has 0 radical (unpaired) electrons. The van der Waals surface area contributed by atoms with E-state index in [4.69, 9.17) is 18.9 Å². The minimum Gasteiger partial charge on any atom is -0.459 e. The molecule has 1 aliphatic heterocycles. The van der Waals surface area contributed by atoms with Gasteiger partial charge in [0.2, 0.25) is 0 Å². The number of esters is 2. The van der Waals surface area contributed by atoms with Crippen LogP contribution in [0, 0.1) is 5.92 Å². The molecule has 5 atom stereocenters. The molecule has 0 spiro atoms. The van der Waals surface area contributed by atoms with E-state index in [0.717, 1.165) is 0 Å². The molecule has 166 valence electrons. The van der Waals surface area contributed by atoms with Crippen molar-refractivity contribution in [1.82, 2.24) is 5.32 Å². The number of ketones is 1. The van der Waals surface area contributed by atoms with Gasteiger partial charge in [-0.05, 0) is 6.42 Å². The SMILES string of the molecule is CCC1O[C@@H](OCCNCC(=O)c2ccccc2)C(OC(C)=O)[C@@H](C)[C@H]1OC(C)=O. The van der Waals surface area contributed by atoms with Gasteiger partial charge in [-0.25, -0.2) is 0 Å². The average molecular weight is 421 g/mol. The molecule has 1 aromatic carbocycles. The van der Waals surface area contributed by atoms with Gasteiger partial charge in [0, 0.05) is 31.9 Å². The number of carbonyl (C=O) groups excluding carboxylic acids is 3. The molecule has 0 saturated carbocycles. The Balaban J connectivity index is 1.89. The monoisotopic (exact) mass is 421 g/mol. The molecule has 0 aliphatic carbocycles. The summed E-state index contributed by atoms with van der Waals surface area (Å²) in [4.78, 5) is 35.2. The Bertz CT molecular complexity index is 709. The van der Waals surface area contributed by atoms with Crippen LogP contribution in [0.3, 0.4) is 0 Å². The van der Waals surface area contributed by atoms with Crippen LogP contribution >= 0.6 is 0 Å². The molecule has 8 nitrogen and oxygen atoms in total. The van der Waals surface area contributed by atoms with Crippen molar-refractivity contribution in [2.24, 2.45) is 5.92 Å². The van der Waals surface area contributed by atoms with Crippen LogP contribution in [0.25, 0.3) is 0 Å². The van der Waals surface area contributed by atoms with E-state index in [1.165, 1.54) is 13.8 Å². The third kappa shape index (κ3) is 6.90. The number of hydrogen-bond acceptors (Lipinski definition) is 8. The highest BCUT2D eigenvalue weighted by Crippen LogP contribution is 2.32. The summed E-state index contributed by atoms with van der Waals surface area (Å²) in [6.07, 6.45) is -1.78. The predicted octanol–water partition coefficient (Wildman–Crippen LogP) is 2.11. The molecule has 30 heavy (non-hydrogen) atoms. The first-order valence-corrected chi connectivity index (χ1v) is 10.2. The highest BCUT2D eigenvalue weighted by atomic mass is 16.7. The third-order valence-corrected chi connectivity index (χ3v) is 4.93. The van der Waals surface area contributed by atoms with Gasteiger partial charge in [0.05, 0.1) is 19.3 Å². The molecular formula is C22H31NO7. The van der Waals surface area contributed by atoms with Crippen molar-refractivity contribution in [3.8, 4) is 0 Å². The van der Waals surface area contributed by atoms with E-state index in [9.17, 15) is 14.4 Å². The van der Waals surface area contributed by atoms with Crippen molar-refractivity contribution in [3.63, 3.8) is 0 Å². The third-order valence-electron chi connectivity index (χ3n) is 4.93. The maximum Gasteiger partial charge on any atom is 0.303 e. The zero-order valence-electron chi connectivity index (χ0n) is 18.0. The van der Waals surface area contributed by atoms with Gasteiger partial charge in [-0.1, -0.05) is 44.2 Å². The number of carbonyl (C=O) groups is 3. The number of nitrogens with one attached hydrogen (secondary N) is 1. The molecule has 1 aromatic rings. The van der Waals surface area contributed by atoms with Crippen LogP contribution in [0.2, 0.25) is 0 Å². The minimum atomic E-state index is -0.785. The second-order valence-electron chi connectivity index (χ2n) is 7.30. The largest absolute Gasteiger partial charge is 0.459 e. The lowest BCUT2D eigenvalue weighted by Crippen LogP contribution is -2.56. The van der Waals surface area contributed by atoms with E-state index in [0.29, 0.717) is 18.5 Å². The van der Waals surface area contributed by atoms with Crippen molar-refractivity contribution in [2.45, 2.75) is 58.7 Å². The molecule has 1 saturated heterocycles. The fourth-order valence-corrected chi connectivity index (χ4v) is 3.47. The lowest BCUT2D eigenvalue weighted by Gasteiger charge is -2.43. The van der Waals surface area contributed by atoms with Crippen molar-refractivity contribution in [3.05, 3.63) is 35.9 Å². The van der Waals surface area contributed by atoms with Crippen molar-refractivity contribution < 1.29 is 33.3 Å². The summed E-state index contributed by atoms with van der Waals surface area (Å²) >= 11 is 0. The first kappa shape index (κ1) is 24.0. The average Bonchev–Trinajstić information content (AvgIpc) is 2.71. The topological polar surface area (TPSA) is 100 Å². The van der Waals surface area contributed by atoms with E-state index in [1.54, 1.807) is 12.1 Å². The van der Waals surface area contributed by atoms with Gasteiger partial charge >= 0.3 is 11.9 Å². The smallest absolute Gasteiger partial charge is 0.303 e. The number of hydrogen-bond donors (Lipinski definition) is 1. The van der Waals surface area contributed by atoms with E-state index >= 15 is 0 Å². The highest BCUT2D eigenvalue weighted by molar-refractivity contribution is 5.97.